The first-order valence-electron chi connectivity index (χ1n) is 4.99. The molecule has 0 bridgehead atoms. The van der Waals surface area contributed by atoms with Crippen LogP contribution in [0.2, 0.25) is 0 Å². The molecule has 0 aromatic heterocycles. The van der Waals surface area contributed by atoms with Crippen LogP contribution >= 0.6 is 0 Å². The fourth-order valence-corrected chi connectivity index (χ4v) is 1.36. The Morgan fingerprint density at radius 2 is 2.00 bits per heavy atom. The lowest BCUT2D eigenvalue weighted by molar-refractivity contribution is 0.679. The molecule has 0 aliphatic heterocycles. The Morgan fingerprint density at radius 3 is 2.57 bits per heavy atom. The zero-order valence-corrected chi connectivity index (χ0v) is 8.66. The van der Waals surface area contributed by atoms with E-state index >= 15 is 0 Å². The third-order valence-electron chi connectivity index (χ3n) is 2.32. The second-order valence-electron chi connectivity index (χ2n) is 3.65. The van der Waals surface area contributed by atoms with Crippen LogP contribution in [0.4, 0.5) is 0 Å². The minimum atomic E-state index is -0.0829. The SMILES string of the molecule is C#CC(N)CCCc1ccc(C)cc1. The van der Waals surface area contributed by atoms with Crippen molar-refractivity contribution in [1.29, 1.82) is 0 Å². The topological polar surface area (TPSA) is 26.0 Å². The minimum absolute atomic E-state index is 0.0829. The smallest absolute Gasteiger partial charge is 0.0662 e. The van der Waals surface area contributed by atoms with Crippen molar-refractivity contribution in [3.8, 4) is 12.3 Å². The van der Waals surface area contributed by atoms with E-state index in [4.69, 9.17) is 12.2 Å². The lowest BCUT2D eigenvalue weighted by Gasteiger charge is -2.04. The van der Waals surface area contributed by atoms with E-state index in [0.717, 1.165) is 19.3 Å². The third kappa shape index (κ3) is 3.64. The van der Waals surface area contributed by atoms with Gasteiger partial charge in [0.15, 0.2) is 0 Å². The van der Waals surface area contributed by atoms with Gasteiger partial charge in [0.25, 0.3) is 0 Å². The summed E-state index contributed by atoms with van der Waals surface area (Å²) in [5.41, 5.74) is 8.29. The Hall–Kier alpha value is -1.26. The number of terminal acetylenes is 1. The molecule has 0 heterocycles. The quantitative estimate of drug-likeness (QED) is 0.719. The average molecular weight is 187 g/mol. The van der Waals surface area contributed by atoms with Gasteiger partial charge < -0.3 is 5.73 Å². The highest BCUT2D eigenvalue weighted by Crippen LogP contribution is 2.07. The molecule has 0 aliphatic carbocycles. The normalized spacial score (nSPS) is 12.1. The number of hydrogen-bond acceptors (Lipinski definition) is 1. The van der Waals surface area contributed by atoms with Crippen LogP contribution < -0.4 is 5.73 Å². The number of aryl methyl sites for hydroxylation is 2. The lowest BCUT2D eigenvalue weighted by atomic mass is 10.0. The monoisotopic (exact) mass is 187 g/mol. The molecule has 0 saturated heterocycles. The van der Waals surface area contributed by atoms with Crippen molar-refractivity contribution in [3.63, 3.8) is 0 Å². The van der Waals surface area contributed by atoms with Gasteiger partial charge in [0.2, 0.25) is 0 Å². The molecule has 1 nitrogen and oxygen atoms in total. The summed E-state index contributed by atoms with van der Waals surface area (Å²) in [6.07, 6.45) is 8.23. The van der Waals surface area contributed by atoms with Gasteiger partial charge >= 0.3 is 0 Å². The molecule has 1 unspecified atom stereocenters. The summed E-state index contributed by atoms with van der Waals surface area (Å²) in [6.45, 7) is 2.10. The van der Waals surface area contributed by atoms with Crippen molar-refractivity contribution in [3.05, 3.63) is 35.4 Å². The van der Waals surface area contributed by atoms with Crippen LogP contribution in [-0.4, -0.2) is 6.04 Å². The lowest BCUT2D eigenvalue weighted by Crippen LogP contribution is -2.16. The molecule has 0 saturated carbocycles. The zero-order chi connectivity index (χ0) is 10.4. The molecular weight excluding hydrogens is 170 g/mol. The molecule has 14 heavy (non-hydrogen) atoms. The minimum Gasteiger partial charge on any atom is -0.318 e. The van der Waals surface area contributed by atoms with Crippen molar-refractivity contribution in [2.75, 3.05) is 0 Å². The predicted molar refractivity (Wildman–Crippen MR) is 60.9 cm³/mol. The van der Waals surface area contributed by atoms with E-state index < -0.39 is 0 Å². The van der Waals surface area contributed by atoms with Gasteiger partial charge in [-0.1, -0.05) is 35.7 Å². The van der Waals surface area contributed by atoms with Gasteiger partial charge in [-0.15, -0.1) is 6.42 Å². The van der Waals surface area contributed by atoms with Gasteiger partial charge in [-0.25, -0.2) is 0 Å². The maximum atomic E-state index is 5.63. The van der Waals surface area contributed by atoms with E-state index in [1.165, 1.54) is 11.1 Å². The van der Waals surface area contributed by atoms with Crippen molar-refractivity contribution in [2.24, 2.45) is 5.73 Å². The van der Waals surface area contributed by atoms with Gasteiger partial charge in [-0.05, 0) is 31.7 Å². The van der Waals surface area contributed by atoms with Gasteiger partial charge in [0.1, 0.15) is 0 Å². The van der Waals surface area contributed by atoms with Crippen LogP contribution in [0.1, 0.15) is 24.0 Å². The Morgan fingerprint density at radius 1 is 1.36 bits per heavy atom. The fourth-order valence-electron chi connectivity index (χ4n) is 1.36. The molecular formula is C13H17N. The summed E-state index contributed by atoms with van der Waals surface area (Å²) in [5.74, 6) is 2.54. The number of nitrogens with two attached hydrogens (primary N) is 1. The summed E-state index contributed by atoms with van der Waals surface area (Å²) in [6, 6.07) is 8.51. The van der Waals surface area contributed by atoms with Crippen LogP contribution in [0, 0.1) is 19.3 Å². The Bertz CT molecular complexity index is 305. The van der Waals surface area contributed by atoms with E-state index in [1.54, 1.807) is 0 Å². The molecule has 1 rings (SSSR count). The van der Waals surface area contributed by atoms with E-state index in [0.29, 0.717) is 0 Å². The van der Waals surface area contributed by atoms with E-state index in [9.17, 15) is 0 Å². The molecule has 1 atom stereocenters. The third-order valence-corrected chi connectivity index (χ3v) is 2.32. The summed E-state index contributed by atoms with van der Waals surface area (Å²) < 4.78 is 0. The number of rotatable bonds is 4. The second-order valence-corrected chi connectivity index (χ2v) is 3.65. The van der Waals surface area contributed by atoms with E-state index in [1.807, 2.05) is 0 Å². The molecule has 1 aromatic rings. The van der Waals surface area contributed by atoms with Crippen LogP contribution in [0.3, 0.4) is 0 Å². The maximum Gasteiger partial charge on any atom is 0.0662 e. The molecule has 2 N–H and O–H groups in total. The second kappa shape index (κ2) is 5.47. The largest absolute Gasteiger partial charge is 0.318 e. The summed E-state index contributed by atoms with van der Waals surface area (Å²) >= 11 is 0. The highest BCUT2D eigenvalue weighted by Gasteiger charge is 1.97. The fraction of sp³-hybridized carbons (Fsp3) is 0.385. The summed E-state index contributed by atoms with van der Waals surface area (Å²) in [7, 11) is 0. The highest BCUT2D eigenvalue weighted by atomic mass is 14.6. The number of hydrogen-bond donors (Lipinski definition) is 1. The summed E-state index contributed by atoms with van der Waals surface area (Å²) in [5, 5.41) is 0. The van der Waals surface area contributed by atoms with Crippen LogP contribution in [0.15, 0.2) is 24.3 Å². The molecule has 1 aromatic carbocycles. The molecule has 1 heteroatoms. The summed E-state index contributed by atoms with van der Waals surface area (Å²) in [4.78, 5) is 0. The van der Waals surface area contributed by atoms with Crippen molar-refractivity contribution < 1.29 is 0 Å². The Kier molecular flexibility index (Phi) is 4.22. The molecule has 0 aliphatic rings. The predicted octanol–water partition coefficient (Wildman–Crippen LogP) is 2.28. The molecule has 0 amide bonds. The van der Waals surface area contributed by atoms with Gasteiger partial charge in [0, 0.05) is 0 Å². The average Bonchev–Trinajstić information content (AvgIpc) is 2.21. The van der Waals surface area contributed by atoms with Crippen molar-refractivity contribution in [1.82, 2.24) is 0 Å². The van der Waals surface area contributed by atoms with Gasteiger partial charge in [-0.3, -0.25) is 0 Å². The number of benzene rings is 1. The van der Waals surface area contributed by atoms with E-state index in [-0.39, 0.29) is 6.04 Å². The molecule has 0 radical (unpaired) electrons. The molecule has 74 valence electrons. The maximum absolute atomic E-state index is 5.63. The van der Waals surface area contributed by atoms with Crippen molar-refractivity contribution in [2.45, 2.75) is 32.2 Å². The first-order chi connectivity index (χ1) is 6.72. The first kappa shape index (κ1) is 10.8. The van der Waals surface area contributed by atoms with E-state index in [2.05, 4.69) is 37.1 Å². The molecule has 0 fully saturated rings. The van der Waals surface area contributed by atoms with Crippen LogP contribution in [0.5, 0.6) is 0 Å². The molecule has 0 spiro atoms. The van der Waals surface area contributed by atoms with Crippen molar-refractivity contribution >= 4 is 0 Å². The van der Waals surface area contributed by atoms with Gasteiger partial charge in [-0.2, -0.15) is 0 Å². The zero-order valence-electron chi connectivity index (χ0n) is 8.66. The standard InChI is InChI=1S/C13H17N/c1-3-13(14)6-4-5-12-9-7-11(2)8-10-12/h1,7-10,13H,4-6,14H2,2H3. The van der Waals surface area contributed by atoms with Crippen LogP contribution in [-0.2, 0) is 6.42 Å². The van der Waals surface area contributed by atoms with Gasteiger partial charge in [0.05, 0.1) is 6.04 Å². The Balaban J connectivity index is 2.32. The first-order valence-corrected chi connectivity index (χ1v) is 4.99. The van der Waals surface area contributed by atoms with Crippen LogP contribution in [0.25, 0.3) is 0 Å². The Labute approximate surface area is 86.3 Å². The highest BCUT2D eigenvalue weighted by molar-refractivity contribution is 5.21.